The van der Waals surface area contributed by atoms with Crippen LogP contribution in [0.3, 0.4) is 0 Å². The van der Waals surface area contributed by atoms with Crippen LogP contribution in [-0.4, -0.2) is 36.8 Å². The zero-order valence-electron chi connectivity index (χ0n) is 13.7. The first-order chi connectivity index (χ1) is 11.3. The van der Waals surface area contributed by atoms with E-state index in [4.69, 9.17) is 25.8 Å². The molecule has 0 heterocycles. The van der Waals surface area contributed by atoms with Crippen LogP contribution < -0.4 is 18.5 Å². The number of hydrogen-bond donors (Lipinski definition) is 0. The van der Waals surface area contributed by atoms with Crippen molar-refractivity contribution < 1.29 is 22.6 Å². The Morgan fingerprint density at radius 2 is 1.46 bits per heavy atom. The number of benzene rings is 2. The summed E-state index contributed by atoms with van der Waals surface area (Å²) in [6, 6.07) is 9.16. The molecule has 0 aliphatic carbocycles. The van der Waals surface area contributed by atoms with Gasteiger partial charge < -0.3 is 14.2 Å². The van der Waals surface area contributed by atoms with Crippen molar-refractivity contribution in [1.29, 1.82) is 0 Å². The van der Waals surface area contributed by atoms with E-state index in [1.165, 1.54) is 46.6 Å². The number of anilines is 1. The molecule has 0 atom stereocenters. The first kappa shape index (κ1) is 18.2. The van der Waals surface area contributed by atoms with E-state index < -0.39 is 10.0 Å². The molecule has 0 aliphatic heterocycles. The van der Waals surface area contributed by atoms with Crippen LogP contribution in [0.1, 0.15) is 0 Å². The topological polar surface area (TPSA) is 65.1 Å². The molecule has 0 aliphatic rings. The lowest BCUT2D eigenvalue weighted by molar-refractivity contribution is 0.354. The zero-order valence-corrected chi connectivity index (χ0v) is 15.3. The van der Waals surface area contributed by atoms with Crippen molar-refractivity contribution in [3.63, 3.8) is 0 Å². The summed E-state index contributed by atoms with van der Waals surface area (Å²) in [6.45, 7) is 0. The molecule has 2 rings (SSSR count). The summed E-state index contributed by atoms with van der Waals surface area (Å²) in [5.74, 6) is 1.25. The van der Waals surface area contributed by atoms with Crippen molar-refractivity contribution in [2.24, 2.45) is 0 Å². The normalized spacial score (nSPS) is 11.0. The standard InChI is InChI=1S/C16H18ClNO5S/c1-18(11-5-7-14(21-2)13(17)9-11)24(19,20)12-6-8-15(22-3)16(10-12)23-4/h5-10H,1-4H3. The van der Waals surface area contributed by atoms with Crippen molar-refractivity contribution in [2.45, 2.75) is 4.90 Å². The number of rotatable bonds is 6. The Morgan fingerprint density at radius 3 is 2.00 bits per heavy atom. The molecule has 0 aromatic heterocycles. The number of ether oxygens (including phenoxy) is 3. The molecule has 0 fully saturated rings. The first-order valence-corrected chi connectivity index (χ1v) is 8.71. The average molecular weight is 372 g/mol. The van der Waals surface area contributed by atoms with E-state index in [0.29, 0.717) is 28.0 Å². The van der Waals surface area contributed by atoms with Crippen molar-refractivity contribution >= 4 is 27.3 Å². The highest BCUT2D eigenvalue weighted by Crippen LogP contribution is 2.33. The maximum absolute atomic E-state index is 12.8. The molecule has 0 unspecified atom stereocenters. The second kappa shape index (κ2) is 7.19. The summed E-state index contributed by atoms with van der Waals surface area (Å²) in [5.41, 5.74) is 0.413. The molecule has 0 saturated carbocycles. The molecular weight excluding hydrogens is 354 g/mol. The van der Waals surface area contributed by atoms with Gasteiger partial charge in [-0.1, -0.05) is 11.6 Å². The van der Waals surface area contributed by atoms with E-state index in [0.717, 1.165) is 4.31 Å². The van der Waals surface area contributed by atoms with Crippen LogP contribution in [0.2, 0.25) is 5.02 Å². The molecule has 2 aromatic rings. The molecule has 8 heteroatoms. The van der Waals surface area contributed by atoms with Crippen LogP contribution in [0.4, 0.5) is 5.69 Å². The second-order valence-electron chi connectivity index (χ2n) is 4.81. The van der Waals surface area contributed by atoms with Crippen LogP contribution in [0, 0.1) is 0 Å². The van der Waals surface area contributed by atoms with Crippen LogP contribution >= 0.6 is 11.6 Å². The highest BCUT2D eigenvalue weighted by molar-refractivity contribution is 7.92. The van der Waals surface area contributed by atoms with Gasteiger partial charge in [0.25, 0.3) is 10.0 Å². The minimum Gasteiger partial charge on any atom is -0.495 e. The monoisotopic (exact) mass is 371 g/mol. The lowest BCUT2D eigenvalue weighted by Crippen LogP contribution is -2.26. The largest absolute Gasteiger partial charge is 0.495 e. The molecule has 2 aromatic carbocycles. The van der Waals surface area contributed by atoms with Crippen molar-refractivity contribution in [3.05, 3.63) is 41.4 Å². The third kappa shape index (κ3) is 3.37. The van der Waals surface area contributed by atoms with Gasteiger partial charge in [0.1, 0.15) is 5.75 Å². The van der Waals surface area contributed by atoms with Crippen molar-refractivity contribution in [1.82, 2.24) is 0 Å². The lowest BCUT2D eigenvalue weighted by atomic mass is 10.3. The molecular formula is C16H18ClNO5S. The first-order valence-electron chi connectivity index (χ1n) is 6.89. The summed E-state index contributed by atoms with van der Waals surface area (Å²) < 4.78 is 42.1. The van der Waals surface area contributed by atoms with Gasteiger partial charge in [0, 0.05) is 13.1 Å². The van der Waals surface area contributed by atoms with Crippen molar-refractivity contribution in [3.8, 4) is 17.2 Å². The Labute approximate surface area is 146 Å². The maximum atomic E-state index is 12.8. The summed E-state index contributed by atoms with van der Waals surface area (Å²) in [4.78, 5) is 0.0783. The summed E-state index contributed by atoms with van der Waals surface area (Å²) in [5, 5.41) is 0.323. The van der Waals surface area contributed by atoms with Gasteiger partial charge in [0.2, 0.25) is 0 Å². The number of halogens is 1. The van der Waals surface area contributed by atoms with E-state index in [2.05, 4.69) is 0 Å². The molecule has 24 heavy (non-hydrogen) atoms. The predicted octanol–water partition coefficient (Wildman–Crippen LogP) is 3.19. The highest BCUT2D eigenvalue weighted by atomic mass is 35.5. The van der Waals surface area contributed by atoms with Crippen LogP contribution in [-0.2, 0) is 10.0 Å². The molecule has 0 spiro atoms. The Kier molecular flexibility index (Phi) is 5.46. The minimum atomic E-state index is -3.79. The fourth-order valence-corrected chi connectivity index (χ4v) is 3.58. The van der Waals surface area contributed by atoms with Gasteiger partial charge in [-0.2, -0.15) is 0 Å². The smallest absolute Gasteiger partial charge is 0.264 e. The number of sulfonamides is 1. The van der Waals surface area contributed by atoms with Gasteiger partial charge in [0.15, 0.2) is 11.5 Å². The SMILES string of the molecule is COc1ccc(N(C)S(=O)(=O)c2ccc(OC)c(OC)c2)cc1Cl. The molecule has 0 N–H and O–H groups in total. The fraction of sp³-hybridized carbons (Fsp3) is 0.250. The second-order valence-corrected chi connectivity index (χ2v) is 7.18. The molecule has 0 amide bonds. The summed E-state index contributed by atoms with van der Waals surface area (Å²) in [7, 11) is 2.08. The van der Waals surface area contributed by atoms with Gasteiger partial charge in [0.05, 0.1) is 36.9 Å². The minimum absolute atomic E-state index is 0.0783. The number of hydrogen-bond acceptors (Lipinski definition) is 5. The van der Waals surface area contributed by atoms with Gasteiger partial charge in [-0.3, -0.25) is 4.31 Å². The van der Waals surface area contributed by atoms with Crippen molar-refractivity contribution in [2.75, 3.05) is 32.7 Å². The maximum Gasteiger partial charge on any atom is 0.264 e. The third-order valence-electron chi connectivity index (χ3n) is 3.51. The molecule has 0 radical (unpaired) electrons. The summed E-state index contributed by atoms with van der Waals surface area (Å²) >= 11 is 6.07. The van der Waals surface area contributed by atoms with Gasteiger partial charge in [-0.15, -0.1) is 0 Å². The van der Waals surface area contributed by atoms with E-state index >= 15 is 0 Å². The lowest BCUT2D eigenvalue weighted by Gasteiger charge is -2.21. The summed E-state index contributed by atoms with van der Waals surface area (Å²) in [6.07, 6.45) is 0. The van der Waals surface area contributed by atoms with E-state index in [1.807, 2.05) is 0 Å². The highest BCUT2D eigenvalue weighted by Gasteiger charge is 2.23. The fourth-order valence-electron chi connectivity index (χ4n) is 2.13. The molecule has 0 bridgehead atoms. The van der Waals surface area contributed by atoms with Crippen LogP contribution in [0.5, 0.6) is 17.2 Å². The van der Waals surface area contributed by atoms with Crippen LogP contribution in [0.25, 0.3) is 0 Å². The Balaban J connectivity index is 2.44. The predicted molar refractivity (Wildman–Crippen MR) is 93.1 cm³/mol. The molecule has 130 valence electrons. The third-order valence-corrected chi connectivity index (χ3v) is 5.59. The van der Waals surface area contributed by atoms with E-state index in [-0.39, 0.29) is 4.90 Å². The number of nitrogens with zero attached hydrogens (tertiary/aromatic N) is 1. The van der Waals surface area contributed by atoms with Gasteiger partial charge >= 0.3 is 0 Å². The average Bonchev–Trinajstić information content (AvgIpc) is 2.60. The Bertz CT molecular complexity index is 838. The molecule has 6 nitrogen and oxygen atoms in total. The Morgan fingerprint density at radius 1 is 0.875 bits per heavy atom. The van der Waals surface area contributed by atoms with Gasteiger partial charge in [-0.05, 0) is 30.3 Å². The molecule has 0 saturated heterocycles. The van der Waals surface area contributed by atoms with E-state index in [1.54, 1.807) is 18.2 Å². The van der Waals surface area contributed by atoms with E-state index in [9.17, 15) is 8.42 Å². The van der Waals surface area contributed by atoms with Crippen LogP contribution in [0.15, 0.2) is 41.3 Å². The Hall–Kier alpha value is -2.12. The quantitative estimate of drug-likeness (QED) is 0.780. The van der Waals surface area contributed by atoms with Gasteiger partial charge in [-0.25, -0.2) is 8.42 Å². The number of methoxy groups -OCH3 is 3. The zero-order chi connectivity index (χ0) is 17.9.